The van der Waals surface area contributed by atoms with E-state index < -0.39 is 0 Å². The van der Waals surface area contributed by atoms with E-state index in [2.05, 4.69) is 71.4 Å². The molecular weight excluding hydrogens is 308 g/mol. The van der Waals surface area contributed by atoms with E-state index in [4.69, 9.17) is 0 Å². The molecule has 2 rings (SSSR count). The van der Waals surface area contributed by atoms with Crippen molar-refractivity contribution in [3.63, 3.8) is 0 Å². The molecule has 0 atom stereocenters. The van der Waals surface area contributed by atoms with Crippen molar-refractivity contribution in [3.8, 4) is 11.1 Å². The van der Waals surface area contributed by atoms with Crippen LogP contribution >= 0.6 is 15.9 Å². The summed E-state index contributed by atoms with van der Waals surface area (Å²) >= 11 is 3.48. The normalized spacial score (nSPS) is 10.7. The van der Waals surface area contributed by atoms with Gasteiger partial charge in [-0.2, -0.15) is 0 Å². The van der Waals surface area contributed by atoms with Crippen molar-refractivity contribution in [1.29, 1.82) is 0 Å². The second kappa shape index (κ2) is 8.26. The minimum atomic E-state index is 1.03. The fraction of sp³-hybridized carbons (Fsp3) is 0.368. The van der Waals surface area contributed by atoms with Crippen molar-refractivity contribution in [1.82, 2.24) is 0 Å². The van der Waals surface area contributed by atoms with Crippen molar-refractivity contribution in [2.45, 2.75) is 39.0 Å². The van der Waals surface area contributed by atoms with E-state index in [1.807, 2.05) is 0 Å². The third-order valence-corrected chi connectivity index (χ3v) is 4.09. The Morgan fingerprint density at radius 1 is 0.700 bits per heavy atom. The molecule has 0 aliphatic heterocycles. The zero-order valence-electron chi connectivity index (χ0n) is 12.2. The van der Waals surface area contributed by atoms with Gasteiger partial charge in [0.25, 0.3) is 0 Å². The maximum absolute atomic E-state index is 3.48. The van der Waals surface area contributed by atoms with Crippen LogP contribution in [0.25, 0.3) is 11.1 Å². The molecule has 0 heterocycles. The molecule has 0 aliphatic rings. The lowest BCUT2D eigenvalue weighted by Gasteiger charge is -2.06. The van der Waals surface area contributed by atoms with Crippen LogP contribution in [0.4, 0.5) is 0 Å². The molecule has 2 aromatic rings. The van der Waals surface area contributed by atoms with Crippen molar-refractivity contribution >= 4 is 15.9 Å². The number of unbranched alkanes of at least 4 members (excludes halogenated alkanes) is 2. The van der Waals surface area contributed by atoms with Gasteiger partial charge in [-0.3, -0.25) is 0 Å². The maximum Gasteiger partial charge on any atom is 0.00718 e. The Labute approximate surface area is 131 Å². The van der Waals surface area contributed by atoms with Crippen LogP contribution in [0.15, 0.2) is 48.5 Å². The summed E-state index contributed by atoms with van der Waals surface area (Å²) in [5.41, 5.74) is 5.47. The van der Waals surface area contributed by atoms with Crippen molar-refractivity contribution < 1.29 is 0 Å². The van der Waals surface area contributed by atoms with Gasteiger partial charge in [0.15, 0.2) is 0 Å². The quantitative estimate of drug-likeness (QED) is 0.430. The Balaban J connectivity index is 2.01. The van der Waals surface area contributed by atoms with E-state index in [0.717, 1.165) is 11.8 Å². The summed E-state index contributed by atoms with van der Waals surface area (Å²) in [7, 11) is 0. The average Bonchev–Trinajstić information content (AvgIpc) is 2.49. The number of hydrogen-bond acceptors (Lipinski definition) is 0. The van der Waals surface area contributed by atoms with Gasteiger partial charge in [0.2, 0.25) is 0 Å². The van der Waals surface area contributed by atoms with Crippen LogP contribution < -0.4 is 0 Å². The van der Waals surface area contributed by atoms with Gasteiger partial charge < -0.3 is 0 Å². The van der Waals surface area contributed by atoms with E-state index in [1.54, 1.807) is 0 Å². The third kappa shape index (κ3) is 4.49. The van der Waals surface area contributed by atoms with Gasteiger partial charge in [-0.05, 0) is 41.5 Å². The molecule has 2 aromatic carbocycles. The lowest BCUT2D eigenvalue weighted by Crippen LogP contribution is -1.87. The monoisotopic (exact) mass is 330 g/mol. The summed E-state index contributed by atoms with van der Waals surface area (Å²) in [4.78, 5) is 0. The molecule has 0 amide bonds. The van der Waals surface area contributed by atoms with Crippen LogP contribution in [0.5, 0.6) is 0 Å². The molecule has 0 unspecified atom stereocenters. The fourth-order valence-corrected chi connectivity index (χ4v) is 2.87. The van der Waals surface area contributed by atoms with Gasteiger partial charge in [0.1, 0.15) is 0 Å². The Morgan fingerprint density at radius 3 is 1.65 bits per heavy atom. The number of benzene rings is 2. The molecule has 0 N–H and O–H groups in total. The van der Waals surface area contributed by atoms with Gasteiger partial charge >= 0.3 is 0 Å². The number of rotatable bonds is 7. The van der Waals surface area contributed by atoms with Gasteiger partial charge in [0, 0.05) is 5.33 Å². The fourth-order valence-electron chi connectivity index (χ4n) is 2.42. The minimum absolute atomic E-state index is 1.03. The lowest BCUT2D eigenvalue weighted by atomic mass is 10.00. The molecule has 0 fully saturated rings. The van der Waals surface area contributed by atoms with E-state index >= 15 is 0 Å². The highest BCUT2D eigenvalue weighted by Gasteiger charge is 1.99. The molecule has 0 aromatic heterocycles. The number of hydrogen-bond donors (Lipinski definition) is 0. The van der Waals surface area contributed by atoms with E-state index in [-0.39, 0.29) is 0 Å². The first-order chi connectivity index (χ1) is 9.83. The van der Waals surface area contributed by atoms with E-state index in [1.165, 1.54) is 47.9 Å². The molecule has 1 heteroatoms. The second-order valence-corrected chi connectivity index (χ2v) is 6.08. The van der Waals surface area contributed by atoms with Crippen LogP contribution in [0.3, 0.4) is 0 Å². The number of halogens is 1. The first-order valence-corrected chi connectivity index (χ1v) is 8.70. The molecule has 0 aliphatic carbocycles. The van der Waals surface area contributed by atoms with E-state index in [0.29, 0.717) is 0 Å². The SMILES string of the molecule is CCCCCc1ccc(-c2ccc(CCBr)cc2)cc1. The molecule has 0 radical (unpaired) electrons. The summed E-state index contributed by atoms with van der Waals surface area (Å²) < 4.78 is 0. The predicted molar refractivity (Wildman–Crippen MR) is 92.6 cm³/mol. The standard InChI is InChI=1S/C19H23Br/c1-2-3-4-5-16-6-10-18(11-7-16)19-12-8-17(9-13-19)14-15-20/h6-13H,2-5,14-15H2,1H3. The van der Waals surface area contributed by atoms with Crippen LogP contribution in [0.2, 0.25) is 0 Å². The van der Waals surface area contributed by atoms with Gasteiger partial charge in [-0.25, -0.2) is 0 Å². The Kier molecular flexibility index (Phi) is 6.32. The van der Waals surface area contributed by atoms with Crippen molar-refractivity contribution in [2.75, 3.05) is 5.33 Å². The zero-order valence-corrected chi connectivity index (χ0v) is 13.8. The minimum Gasteiger partial charge on any atom is -0.0924 e. The summed E-state index contributed by atoms with van der Waals surface area (Å²) in [5, 5.41) is 1.03. The average molecular weight is 331 g/mol. The molecule has 20 heavy (non-hydrogen) atoms. The highest BCUT2D eigenvalue weighted by molar-refractivity contribution is 9.09. The van der Waals surface area contributed by atoms with Crippen LogP contribution in [0, 0.1) is 0 Å². The molecule has 0 saturated heterocycles. The van der Waals surface area contributed by atoms with Gasteiger partial charge in [0.05, 0.1) is 0 Å². The summed E-state index contributed by atoms with van der Waals surface area (Å²) in [6.45, 7) is 2.25. The van der Waals surface area contributed by atoms with Crippen molar-refractivity contribution in [3.05, 3.63) is 59.7 Å². The maximum atomic E-state index is 3.48. The topological polar surface area (TPSA) is 0 Å². The summed E-state index contributed by atoms with van der Waals surface area (Å²) in [6.07, 6.45) is 6.22. The summed E-state index contributed by atoms with van der Waals surface area (Å²) in [5.74, 6) is 0. The smallest absolute Gasteiger partial charge is 0.00718 e. The van der Waals surface area contributed by atoms with Crippen LogP contribution in [-0.4, -0.2) is 5.33 Å². The molecule has 0 spiro atoms. The third-order valence-electron chi connectivity index (χ3n) is 3.69. The molecule has 0 nitrogen and oxygen atoms in total. The predicted octanol–water partition coefficient (Wildman–Crippen LogP) is 6.02. The summed E-state index contributed by atoms with van der Waals surface area (Å²) in [6, 6.07) is 18.0. The molecule has 0 bridgehead atoms. The first kappa shape index (κ1) is 15.3. The first-order valence-electron chi connectivity index (χ1n) is 7.57. The molecule has 106 valence electrons. The number of aryl methyl sites for hydroxylation is 2. The molecule has 0 saturated carbocycles. The highest BCUT2D eigenvalue weighted by Crippen LogP contribution is 2.21. The largest absolute Gasteiger partial charge is 0.0924 e. The zero-order chi connectivity index (χ0) is 14.2. The van der Waals surface area contributed by atoms with Crippen molar-refractivity contribution in [2.24, 2.45) is 0 Å². The Bertz CT molecular complexity index is 496. The van der Waals surface area contributed by atoms with Crippen LogP contribution in [-0.2, 0) is 12.8 Å². The van der Waals surface area contributed by atoms with Gasteiger partial charge in [-0.15, -0.1) is 0 Å². The second-order valence-electron chi connectivity index (χ2n) is 5.29. The Hall–Kier alpha value is -1.08. The van der Waals surface area contributed by atoms with E-state index in [9.17, 15) is 0 Å². The van der Waals surface area contributed by atoms with Crippen LogP contribution in [0.1, 0.15) is 37.3 Å². The van der Waals surface area contributed by atoms with Gasteiger partial charge in [-0.1, -0.05) is 84.2 Å². The molecular formula is C19H23Br. The highest BCUT2D eigenvalue weighted by atomic mass is 79.9. The lowest BCUT2D eigenvalue weighted by molar-refractivity contribution is 0.717. The Morgan fingerprint density at radius 2 is 1.20 bits per heavy atom. The number of alkyl halides is 1.